The lowest BCUT2D eigenvalue weighted by Gasteiger charge is -2.06. The summed E-state index contributed by atoms with van der Waals surface area (Å²) in [5.74, 6) is 0.995. The van der Waals surface area contributed by atoms with Gasteiger partial charge in [-0.2, -0.15) is 0 Å². The van der Waals surface area contributed by atoms with E-state index in [4.69, 9.17) is 9.40 Å². The second-order valence-electron chi connectivity index (χ2n) is 7.51. The van der Waals surface area contributed by atoms with Crippen molar-refractivity contribution in [2.24, 2.45) is 0 Å². The Balaban J connectivity index is 1.17. The maximum absolute atomic E-state index is 12.1. The lowest BCUT2D eigenvalue weighted by molar-refractivity contribution is -0.121. The molecule has 2 aromatic heterocycles. The van der Waals surface area contributed by atoms with Crippen LogP contribution >= 0.6 is 11.3 Å². The lowest BCUT2D eigenvalue weighted by Crippen LogP contribution is -2.25. The first kappa shape index (κ1) is 19.8. The molecule has 1 aliphatic carbocycles. The van der Waals surface area contributed by atoms with Gasteiger partial charge in [0, 0.05) is 36.2 Å². The van der Waals surface area contributed by atoms with Gasteiger partial charge in [0.1, 0.15) is 0 Å². The summed E-state index contributed by atoms with van der Waals surface area (Å²) in [4.78, 5) is 18.3. The van der Waals surface area contributed by atoms with Crippen LogP contribution in [0.15, 0.2) is 28.7 Å². The highest BCUT2D eigenvalue weighted by Crippen LogP contribution is 2.27. The van der Waals surface area contributed by atoms with E-state index in [0.717, 1.165) is 24.8 Å². The number of benzene rings is 1. The number of hydrogen-bond acceptors (Lipinski definition) is 6. The van der Waals surface area contributed by atoms with E-state index in [2.05, 4.69) is 15.5 Å². The fourth-order valence-electron chi connectivity index (χ4n) is 3.46. The highest BCUT2D eigenvalue weighted by Gasteiger charge is 2.15. The Morgan fingerprint density at radius 3 is 2.79 bits per heavy atom. The number of rotatable bonds is 8. The molecule has 0 fully saturated rings. The van der Waals surface area contributed by atoms with Crippen LogP contribution in [0, 0.1) is 6.92 Å². The monoisotopic (exact) mass is 410 g/mol. The first-order chi connectivity index (χ1) is 14.2. The molecule has 0 saturated carbocycles. The summed E-state index contributed by atoms with van der Waals surface area (Å²) in [6.45, 7) is 2.70. The van der Waals surface area contributed by atoms with Gasteiger partial charge >= 0.3 is 0 Å². The maximum Gasteiger partial charge on any atom is 0.247 e. The van der Waals surface area contributed by atoms with Crippen LogP contribution in [0.3, 0.4) is 0 Å². The second-order valence-corrected chi connectivity index (χ2v) is 8.67. The average Bonchev–Trinajstić information content (AvgIpc) is 3.37. The van der Waals surface area contributed by atoms with Crippen LogP contribution in [-0.4, -0.2) is 27.6 Å². The Kier molecular flexibility index (Phi) is 6.34. The number of carbonyl (C=O) groups excluding carboxylic acids is 1. The van der Waals surface area contributed by atoms with Crippen molar-refractivity contribution in [3.8, 4) is 11.5 Å². The van der Waals surface area contributed by atoms with E-state index in [1.54, 1.807) is 0 Å². The van der Waals surface area contributed by atoms with E-state index in [9.17, 15) is 4.79 Å². The largest absolute Gasteiger partial charge is 0.421 e. The highest BCUT2D eigenvalue weighted by molar-refractivity contribution is 7.11. The van der Waals surface area contributed by atoms with E-state index < -0.39 is 0 Å². The molecule has 6 nitrogen and oxygen atoms in total. The minimum absolute atomic E-state index is 0.0125. The number of nitrogens with one attached hydrogen (secondary N) is 1. The molecule has 0 saturated heterocycles. The normalized spacial score (nSPS) is 13.3. The molecule has 1 aliphatic rings. The Morgan fingerprint density at radius 2 is 1.97 bits per heavy atom. The molecule has 0 bridgehead atoms. The summed E-state index contributed by atoms with van der Waals surface area (Å²) >= 11 is 1.85. The minimum Gasteiger partial charge on any atom is -0.421 e. The molecule has 1 aromatic carbocycles. The zero-order valence-corrected chi connectivity index (χ0v) is 17.6. The fourth-order valence-corrected chi connectivity index (χ4v) is 4.65. The lowest BCUT2D eigenvalue weighted by atomic mass is 10.0. The third-order valence-electron chi connectivity index (χ3n) is 5.11. The van der Waals surface area contributed by atoms with Gasteiger partial charge in [-0.1, -0.05) is 17.7 Å². The summed E-state index contributed by atoms with van der Waals surface area (Å²) in [5.41, 5.74) is 3.38. The van der Waals surface area contributed by atoms with Gasteiger partial charge in [-0.05, 0) is 51.2 Å². The molecule has 0 radical (unpaired) electrons. The van der Waals surface area contributed by atoms with Gasteiger partial charge in [-0.15, -0.1) is 21.5 Å². The average molecular weight is 411 g/mol. The van der Waals surface area contributed by atoms with E-state index in [1.807, 2.05) is 42.5 Å². The van der Waals surface area contributed by atoms with Crippen molar-refractivity contribution in [1.29, 1.82) is 0 Å². The van der Waals surface area contributed by atoms with Crippen LogP contribution in [0.25, 0.3) is 11.5 Å². The zero-order valence-electron chi connectivity index (χ0n) is 16.7. The molecule has 0 unspecified atom stereocenters. The third-order valence-corrected chi connectivity index (χ3v) is 6.33. The molecule has 0 aliphatic heterocycles. The van der Waals surface area contributed by atoms with Gasteiger partial charge in [0.25, 0.3) is 0 Å². The van der Waals surface area contributed by atoms with Crippen LogP contribution < -0.4 is 5.32 Å². The molecule has 0 spiro atoms. The molecule has 1 N–H and O–H groups in total. The predicted octanol–water partition coefficient (Wildman–Crippen LogP) is 4.06. The molecule has 3 aromatic rings. The summed E-state index contributed by atoms with van der Waals surface area (Å²) in [6.07, 6.45) is 7.51. The summed E-state index contributed by atoms with van der Waals surface area (Å²) in [7, 11) is 0. The van der Waals surface area contributed by atoms with Crippen molar-refractivity contribution in [3.63, 3.8) is 0 Å². The van der Waals surface area contributed by atoms with Gasteiger partial charge in [0.2, 0.25) is 17.7 Å². The number of hydrogen-bond donors (Lipinski definition) is 1. The SMILES string of the molecule is Cc1ccc(-c2nnc(CCC(=O)NCCCc3nc4c(s3)CCCC4)o2)cc1. The molecule has 1 amide bonds. The summed E-state index contributed by atoms with van der Waals surface area (Å²) in [5, 5.41) is 12.3. The van der Waals surface area contributed by atoms with E-state index in [0.29, 0.717) is 31.2 Å². The Bertz CT molecular complexity index is 938. The first-order valence-electron chi connectivity index (χ1n) is 10.3. The predicted molar refractivity (Wildman–Crippen MR) is 113 cm³/mol. The molecule has 0 atom stereocenters. The maximum atomic E-state index is 12.1. The second kappa shape index (κ2) is 9.31. The molecule has 29 heavy (non-hydrogen) atoms. The summed E-state index contributed by atoms with van der Waals surface area (Å²) in [6, 6.07) is 7.93. The number of thiazole rings is 1. The number of fused-ring (bicyclic) bond motifs is 1. The van der Waals surface area contributed by atoms with E-state index in [-0.39, 0.29) is 5.91 Å². The van der Waals surface area contributed by atoms with Gasteiger partial charge < -0.3 is 9.73 Å². The molecule has 152 valence electrons. The zero-order chi connectivity index (χ0) is 20.1. The van der Waals surface area contributed by atoms with Crippen molar-refractivity contribution >= 4 is 17.2 Å². The minimum atomic E-state index is 0.0125. The number of carbonyl (C=O) groups is 1. The number of aryl methyl sites for hydroxylation is 5. The van der Waals surface area contributed by atoms with E-state index in [1.165, 1.54) is 40.4 Å². The van der Waals surface area contributed by atoms with Gasteiger partial charge in [0.05, 0.1) is 10.7 Å². The number of nitrogens with zero attached hydrogens (tertiary/aromatic N) is 3. The van der Waals surface area contributed by atoms with Crippen molar-refractivity contribution in [3.05, 3.63) is 51.3 Å². The van der Waals surface area contributed by atoms with Crippen LogP contribution in [0.1, 0.15) is 52.7 Å². The van der Waals surface area contributed by atoms with Crippen LogP contribution in [0.5, 0.6) is 0 Å². The van der Waals surface area contributed by atoms with Crippen LogP contribution in [0.2, 0.25) is 0 Å². The van der Waals surface area contributed by atoms with Crippen molar-refractivity contribution in [2.45, 2.75) is 58.3 Å². The van der Waals surface area contributed by atoms with Gasteiger partial charge in [0.15, 0.2) is 0 Å². The number of aromatic nitrogens is 3. The van der Waals surface area contributed by atoms with Crippen molar-refractivity contribution < 1.29 is 9.21 Å². The van der Waals surface area contributed by atoms with Gasteiger partial charge in [-0.3, -0.25) is 4.79 Å². The standard InChI is InChI=1S/C22H26N4O2S/c1-15-8-10-16(11-9-15)22-26-25-20(28-22)13-12-19(27)23-14-4-7-21-24-17-5-2-3-6-18(17)29-21/h8-11H,2-7,12-14H2,1H3,(H,23,27). The fraction of sp³-hybridized carbons (Fsp3) is 0.455. The molecule has 7 heteroatoms. The Labute approximate surface area is 174 Å². The first-order valence-corrected chi connectivity index (χ1v) is 11.1. The Hall–Kier alpha value is -2.54. The smallest absolute Gasteiger partial charge is 0.247 e. The topological polar surface area (TPSA) is 80.9 Å². The molecular formula is C22H26N4O2S. The number of amides is 1. The highest BCUT2D eigenvalue weighted by atomic mass is 32.1. The molecular weight excluding hydrogens is 384 g/mol. The quantitative estimate of drug-likeness (QED) is 0.566. The van der Waals surface area contributed by atoms with Crippen LogP contribution in [0.4, 0.5) is 0 Å². The Morgan fingerprint density at radius 1 is 1.14 bits per heavy atom. The summed E-state index contributed by atoms with van der Waals surface area (Å²) < 4.78 is 5.67. The van der Waals surface area contributed by atoms with Crippen molar-refractivity contribution in [1.82, 2.24) is 20.5 Å². The van der Waals surface area contributed by atoms with Gasteiger partial charge in [-0.25, -0.2) is 4.98 Å². The third kappa shape index (κ3) is 5.29. The van der Waals surface area contributed by atoms with Crippen molar-refractivity contribution in [2.75, 3.05) is 6.54 Å². The van der Waals surface area contributed by atoms with Crippen LogP contribution in [-0.2, 0) is 30.5 Å². The molecule has 4 rings (SSSR count). The molecule has 2 heterocycles. The van der Waals surface area contributed by atoms with E-state index >= 15 is 0 Å².